The molecule has 112 valence electrons. The van der Waals surface area contributed by atoms with Crippen LogP contribution in [-0.2, 0) is 9.05 Å². The summed E-state index contributed by atoms with van der Waals surface area (Å²) in [6.07, 6.45) is 2.11. The van der Waals surface area contributed by atoms with E-state index in [1.807, 2.05) is 11.8 Å². The van der Waals surface area contributed by atoms with E-state index in [4.69, 9.17) is 10.7 Å². The van der Waals surface area contributed by atoms with Gasteiger partial charge in [0, 0.05) is 28.1 Å². The molecule has 1 aromatic heterocycles. The zero-order chi connectivity index (χ0) is 15.1. The third kappa shape index (κ3) is 3.02. The van der Waals surface area contributed by atoms with Crippen LogP contribution in [0.15, 0.2) is 11.0 Å². The normalized spacial score (nSPS) is 23.9. The van der Waals surface area contributed by atoms with E-state index in [9.17, 15) is 13.2 Å². The first-order valence-electron chi connectivity index (χ1n) is 6.58. The Kier molecular flexibility index (Phi) is 4.47. The molecule has 4 nitrogen and oxygen atoms in total. The van der Waals surface area contributed by atoms with Crippen molar-refractivity contribution in [1.82, 2.24) is 4.90 Å². The molecular formula is C13H18ClNO3S2. The lowest BCUT2D eigenvalue weighted by Crippen LogP contribution is -2.45. The number of likely N-dealkylation sites (tertiary alicyclic amines) is 1. The molecule has 1 amide bonds. The molecule has 0 N–H and O–H groups in total. The van der Waals surface area contributed by atoms with Crippen LogP contribution in [-0.4, -0.2) is 31.8 Å². The highest BCUT2D eigenvalue weighted by atomic mass is 35.7. The van der Waals surface area contributed by atoms with Crippen LogP contribution < -0.4 is 0 Å². The molecule has 7 heteroatoms. The molecule has 0 spiro atoms. The van der Waals surface area contributed by atoms with Gasteiger partial charge in [0.25, 0.3) is 15.0 Å². The molecule has 1 aromatic rings. The molecule has 1 fully saturated rings. The minimum atomic E-state index is -3.79. The third-order valence-corrected chi connectivity index (χ3v) is 6.60. The molecule has 1 saturated heterocycles. The fourth-order valence-electron chi connectivity index (χ4n) is 2.58. The van der Waals surface area contributed by atoms with Crippen LogP contribution in [0.25, 0.3) is 0 Å². The van der Waals surface area contributed by atoms with Gasteiger partial charge in [-0.15, -0.1) is 11.3 Å². The summed E-state index contributed by atoms with van der Waals surface area (Å²) in [6, 6.07) is 1.58. The van der Waals surface area contributed by atoms with Gasteiger partial charge in [-0.05, 0) is 38.7 Å². The van der Waals surface area contributed by atoms with Gasteiger partial charge in [-0.25, -0.2) is 8.42 Å². The number of hydrogen-bond acceptors (Lipinski definition) is 4. The van der Waals surface area contributed by atoms with Crippen molar-refractivity contribution < 1.29 is 13.2 Å². The summed E-state index contributed by atoms with van der Waals surface area (Å²) < 4.78 is 22.9. The average molecular weight is 336 g/mol. The molecule has 2 rings (SSSR count). The highest BCUT2D eigenvalue weighted by Gasteiger charge is 2.31. The molecule has 20 heavy (non-hydrogen) atoms. The van der Waals surface area contributed by atoms with Gasteiger partial charge < -0.3 is 4.90 Å². The molecule has 1 aliphatic rings. The summed E-state index contributed by atoms with van der Waals surface area (Å²) in [4.78, 5) is 15.4. The van der Waals surface area contributed by atoms with Gasteiger partial charge in [-0.2, -0.15) is 0 Å². The smallest absolute Gasteiger partial charge is 0.264 e. The minimum Gasteiger partial charge on any atom is -0.335 e. The molecule has 0 saturated carbocycles. The van der Waals surface area contributed by atoms with Crippen molar-refractivity contribution in [3.63, 3.8) is 0 Å². The van der Waals surface area contributed by atoms with Crippen LogP contribution in [0.3, 0.4) is 0 Å². The number of hydrogen-bond donors (Lipinski definition) is 0. The van der Waals surface area contributed by atoms with Gasteiger partial charge in [0.1, 0.15) is 0 Å². The Labute approximate surface area is 128 Å². The molecular weight excluding hydrogens is 318 g/mol. The van der Waals surface area contributed by atoms with Crippen molar-refractivity contribution in [3.8, 4) is 0 Å². The lowest BCUT2D eigenvalue weighted by molar-refractivity contribution is 0.0556. The number of rotatable bonds is 2. The summed E-state index contributed by atoms with van der Waals surface area (Å²) in [5, 5.41) is 0. The lowest BCUT2D eigenvalue weighted by Gasteiger charge is -2.37. The number of thiophene rings is 1. The number of halogens is 1. The van der Waals surface area contributed by atoms with Crippen LogP contribution in [0, 0.1) is 12.8 Å². The Hall–Kier alpha value is -0.590. The van der Waals surface area contributed by atoms with E-state index in [-0.39, 0.29) is 16.8 Å². The predicted molar refractivity (Wildman–Crippen MR) is 81.0 cm³/mol. The number of aryl methyl sites for hydroxylation is 1. The zero-order valence-corrected chi connectivity index (χ0v) is 14.1. The standard InChI is InChI=1S/C13H18ClNO3S2/c1-8-5-4-6-15(9(8)2)13(16)11-7-12(10(3)19-11)20(14,17)18/h7-9H,4-6H2,1-3H3. The summed E-state index contributed by atoms with van der Waals surface area (Å²) >= 11 is 1.19. The van der Waals surface area contributed by atoms with Gasteiger partial charge in [0.05, 0.1) is 9.77 Å². The SMILES string of the molecule is Cc1sc(C(=O)N2CCCC(C)C2C)cc1S(=O)(=O)Cl. The van der Waals surface area contributed by atoms with Crippen molar-refractivity contribution in [1.29, 1.82) is 0 Å². The van der Waals surface area contributed by atoms with Gasteiger partial charge in [-0.3, -0.25) is 4.79 Å². The van der Waals surface area contributed by atoms with E-state index < -0.39 is 9.05 Å². The molecule has 1 aliphatic heterocycles. The molecule has 0 aromatic carbocycles. The Morgan fingerprint density at radius 2 is 2.10 bits per heavy atom. The second-order valence-electron chi connectivity index (χ2n) is 5.33. The molecule has 2 unspecified atom stereocenters. The van der Waals surface area contributed by atoms with E-state index in [0.717, 1.165) is 19.4 Å². The average Bonchev–Trinajstić information content (AvgIpc) is 2.74. The summed E-state index contributed by atoms with van der Waals surface area (Å²) in [5.41, 5.74) is 0. The van der Waals surface area contributed by atoms with Gasteiger partial charge >= 0.3 is 0 Å². The van der Waals surface area contributed by atoms with Crippen molar-refractivity contribution in [2.45, 2.75) is 44.6 Å². The molecule has 0 bridgehead atoms. The molecule has 0 radical (unpaired) electrons. The Balaban J connectivity index is 2.30. The van der Waals surface area contributed by atoms with Crippen LogP contribution in [0.5, 0.6) is 0 Å². The molecule has 0 aliphatic carbocycles. The number of nitrogens with zero attached hydrogens (tertiary/aromatic N) is 1. The third-order valence-electron chi connectivity index (χ3n) is 3.98. The monoisotopic (exact) mass is 335 g/mol. The summed E-state index contributed by atoms with van der Waals surface area (Å²) in [5.74, 6) is 0.369. The number of carbonyl (C=O) groups excluding carboxylic acids is 1. The second kappa shape index (κ2) is 5.66. The van der Waals surface area contributed by atoms with Crippen LogP contribution in [0.2, 0.25) is 0 Å². The second-order valence-corrected chi connectivity index (χ2v) is 9.12. The van der Waals surface area contributed by atoms with Crippen LogP contribution in [0.1, 0.15) is 41.2 Å². The Morgan fingerprint density at radius 3 is 2.65 bits per heavy atom. The topological polar surface area (TPSA) is 54.5 Å². The number of piperidine rings is 1. The fourth-order valence-corrected chi connectivity index (χ4v) is 5.20. The fraction of sp³-hybridized carbons (Fsp3) is 0.615. The van der Waals surface area contributed by atoms with Crippen LogP contribution >= 0.6 is 22.0 Å². The highest BCUT2D eigenvalue weighted by Crippen LogP contribution is 2.31. The first-order chi connectivity index (χ1) is 9.21. The van der Waals surface area contributed by atoms with E-state index in [1.165, 1.54) is 17.4 Å². The number of amides is 1. The first-order valence-corrected chi connectivity index (χ1v) is 9.70. The summed E-state index contributed by atoms with van der Waals surface area (Å²) in [7, 11) is 1.58. The van der Waals surface area contributed by atoms with E-state index in [0.29, 0.717) is 15.7 Å². The molecule has 2 heterocycles. The zero-order valence-electron chi connectivity index (χ0n) is 11.7. The summed E-state index contributed by atoms with van der Waals surface area (Å²) in [6.45, 7) is 6.57. The maximum Gasteiger partial charge on any atom is 0.264 e. The maximum absolute atomic E-state index is 12.5. The van der Waals surface area contributed by atoms with Crippen molar-refractivity contribution in [2.24, 2.45) is 5.92 Å². The predicted octanol–water partition coefficient (Wildman–Crippen LogP) is 3.24. The molecule has 2 atom stereocenters. The Morgan fingerprint density at radius 1 is 1.45 bits per heavy atom. The largest absolute Gasteiger partial charge is 0.335 e. The minimum absolute atomic E-state index is 0.0465. The van der Waals surface area contributed by atoms with Gasteiger partial charge in [0.15, 0.2) is 0 Å². The van der Waals surface area contributed by atoms with Crippen molar-refractivity contribution in [3.05, 3.63) is 15.8 Å². The van der Waals surface area contributed by atoms with E-state index in [1.54, 1.807) is 6.92 Å². The van der Waals surface area contributed by atoms with E-state index in [2.05, 4.69) is 6.92 Å². The quantitative estimate of drug-likeness (QED) is 0.779. The van der Waals surface area contributed by atoms with Gasteiger partial charge in [0.2, 0.25) is 0 Å². The Bertz CT molecular complexity index is 624. The van der Waals surface area contributed by atoms with E-state index >= 15 is 0 Å². The lowest BCUT2D eigenvalue weighted by atomic mass is 9.92. The van der Waals surface area contributed by atoms with Crippen molar-refractivity contribution in [2.75, 3.05) is 6.54 Å². The number of carbonyl (C=O) groups is 1. The maximum atomic E-state index is 12.5. The highest BCUT2D eigenvalue weighted by molar-refractivity contribution is 8.13. The van der Waals surface area contributed by atoms with Gasteiger partial charge in [-0.1, -0.05) is 6.92 Å². The van der Waals surface area contributed by atoms with Crippen LogP contribution in [0.4, 0.5) is 0 Å². The van der Waals surface area contributed by atoms with Crippen molar-refractivity contribution >= 4 is 37.0 Å². The first kappa shape index (κ1) is 15.8.